The van der Waals surface area contributed by atoms with Gasteiger partial charge in [-0.2, -0.15) is 18.4 Å². The lowest BCUT2D eigenvalue weighted by Gasteiger charge is -2.20. The number of nitrogens with zero attached hydrogens (tertiary/aromatic N) is 6. The Morgan fingerprint density at radius 3 is 1.36 bits per heavy atom. The van der Waals surface area contributed by atoms with Crippen LogP contribution in [0.1, 0.15) is 63.8 Å². The number of hydrogen-bond donors (Lipinski definition) is 0. The standard InChI is InChI=1S/C61H47F3N6/c1-59(2,3)41-25-29-52-46(33-41)44-16-10-12-18-50(44)69(52)54-28-24-40(38-22-20-37(36-65)21-23-38)32-48(54)57-66-56(39-14-8-7-9-15-39)67-58(68-57)49-35-43(61(62,63)64)27-31-55(49)70-51-19-13-11-17-45(51)47-34-42(60(4,5)6)26-30-53(47)70/h7-35H,1-6H3. The molecule has 342 valence electrons. The third kappa shape index (κ3) is 7.66. The van der Waals surface area contributed by atoms with Crippen LogP contribution >= 0.6 is 0 Å². The minimum absolute atomic E-state index is 0.0777. The van der Waals surface area contributed by atoms with Gasteiger partial charge in [-0.25, -0.2) is 15.0 Å². The van der Waals surface area contributed by atoms with Gasteiger partial charge in [0.15, 0.2) is 17.5 Å². The normalized spacial score (nSPS) is 12.3. The van der Waals surface area contributed by atoms with E-state index in [1.807, 2.05) is 89.5 Å². The van der Waals surface area contributed by atoms with Gasteiger partial charge in [-0.1, -0.05) is 139 Å². The Morgan fingerprint density at radius 1 is 0.400 bits per heavy atom. The van der Waals surface area contributed by atoms with Crippen LogP contribution in [0.5, 0.6) is 0 Å². The molecule has 3 heterocycles. The fourth-order valence-corrected chi connectivity index (χ4v) is 9.64. The third-order valence-corrected chi connectivity index (χ3v) is 13.4. The molecular weight excluding hydrogens is 874 g/mol. The SMILES string of the molecule is CC(C)(C)c1ccc2c(c1)c1ccccc1n2-c1ccc(-c2ccc(C#N)cc2)cc1-c1nc(-c2ccccc2)nc(-c2cc(C(F)(F)F)ccc2-n2c3ccccc3c3cc(C(C)(C)C)ccc32)n1. The van der Waals surface area contributed by atoms with E-state index in [1.54, 1.807) is 12.1 Å². The molecule has 0 fully saturated rings. The summed E-state index contributed by atoms with van der Waals surface area (Å²) in [6, 6.07) is 58.2. The number of rotatable bonds is 6. The van der Waals surface area contributed by atoms with Crippen LogP contribution in [-0.4, -0.2) is 24.1 Å². The second-order valence-corrected chi connectivity index (χ2v) is 20.0. The second-order valence-electron chi connectivity index (χ2n) is 20.0. The van der Waals surface area contributed by atoms with Crippen LogP contribution < -0.4 is 0 Å². The fourth-order valence-electron chi connectivity index (χ4n) is 9.64. The zero-order valence-electron chi connectivity index (χ0n) is 39.6. The molecule has 0 radical (unpaired) electrons. The van der Waals surface area contributed by atoms with Crippen LogP contribution in [0.2, 0.25) is 0 Å². The highest BCUT2D eigenvalue weighted by molar-refractivity contribution is 6.11. The highest BCUT2D eigenvalue weighted by atomic mass is 19.4. The van der Waals surface area contributed by atoms with Gasteiger partial charge >= 0.3 is 6.18 Å². The Labute approximate surface area is 404 Å². The molecule has 0 N–H and O–H groups in total. The van der Waals surface area contributed by atoms with E-state index in [0.717, 1.165) is 72.1 Å². The Morgan fingerprint density at radius 2 is 0.843 bits per heavy atom. The van der Waals surface area contributed by atoms with Crippen molar-refractivity contribution in [1.82, 2.24) is 24.1 Å². The molecule has 11 rings (SSSR count). The predicted molar refractivity (Wildman–Crippen MR) is 277 cm³/mol. The van der Waals surface area contributed by atoms with Gasteiger partial charge in [0.2, 0.25) is 0 Å². The maximum Gasteiger partial charge on any atom is 0.416 e. The number of benzene rings is 8. The van der Waals surface area contributed by atoms with E-state index in [-0.39, 0.29) is 28.0 Å². The largest absolute Gasteiger partial charge is 0.416 e. The van der Waals surface area contributed by atoms with Gasteiger partial charge in [-0.05, 0) is 112 Å². The molecule has 0 unspecified atom stereocenters. The van der Waals surface area contributed by atoms with E-state index in [9.17, 15) is 5.26 Å². The van der Waals surface area contributed by atoms with Crippen LogP contribution in [0.15, 0.2) is 176 Å². The highest BCUT2D eigenvalue weighted by Crippen LogP contribution is 2.43. The smallest absolute Gasteiger partial charge is 0.309 e. The van der Waals surface area contributed by atoms with Crippen molar-refractivity contribution in [1.29, 1.82) is 5.26 Å². The van der Waals surface area contributed by atoms with Gasteiger partial charge in [0.25, 0.3) is 0 Å². The van der Waals surface area contributed by atoms with Crippen molar-refractivity contribution in [3.8, 4) is 62.7 Å². The van der Waals surface area contributed by atoms with Crippen LogP contribution in [0.3, 0.4) is 0 Å². The average Bonchev–Trinajstić information content (AvgIpc) is 3.87. The number of nitriles is 1. The molecule has 0 saturated heterocycles. The van der Waals surface area contributed by atoms with Crippen LogP contribution in [0.25, 0.3) is 100 Å². The van der Waals surface area contributed by atoms with Gasteiger partial charge in [-0.3, -0.25) is 0 Å². The number of halogens is 3. The number of aromatic nitrogens is 5. The van der Waals surface area contributed by atoms with Gasteiger partial charge in [-0.15, -0.1) is 0 Å². The molecule has 3 aromatic heterocycles. The van der Waals surface area contributed by atoms with Gasteiger partial charge < -0.3 is 9.13 Å². The molecule has 0 spiro atoms. The zero-order valence-corrected chi connectivity index (χ0v) is 39.6. The number of fused-ring (bicyclic) bond motifs is 6. The maximum atomic E-state index is 15.0. The summed E-state index contributed by atoms with van der Waals surface area (Å²) in [5, 5.41) is 13.8. The molecule has 0 bridgehead atoms. The summed E-state index contributed by atoms with van der Waals surface area (Å²) < 4.78 is 49.4. The van der Waals surface area contributed by atoms with Crippen molar-refractivity contribution in [3.05, 3.63) is 198 Å². The van der Waals surface area contributed by atoms with Crippen LogP contribution in [0, 0.1) is 11.3 Å². The third-order valence-electron chi connectivity index (χ3n) is 13.4. The van der Waals surface area contributed by atoms with Crippen molar-refractivity contribution in [2.45, 2.75) is 58.5 Å². The van der Waals surface area contributed by atoms with E-state index < -0.39 is 11.7 Å². The van der Waals surface area contributed by atoms with Crippen molar-refractivity contribution in [2.24, 2.45) is 0 Å². The average molecular weight is 921 g/mol. The first-order chi connectivity index (χ1) is 33.5. The number of hydrogen-bond acceptors (Lipinski definition) is 4. The van der Waals surface area contributed by atoms with E-state index in [4.69, 9.17) is 15.0 Å². The monoisotopic (exact) mass is 920 g/mol. The quantitative estimate of drug-likeness (QED) is 0.167. The maximum absolute atomic E-state index is 15.0. The Balaban J connectivity index is 1.23. The molecule has 0 aliphatic heterocycles. The van der Waals surface area contributed by atoms with Gasteiger partial charge in [0, 0.05) is 38.2 Å². The Hall–Kier alpha value is -8.35. The lowest BCUT2D eigenvalue weighted by Crippen LogP contribution is -2.11. The first-order valence-electron chi connectivity index (χ1n) is 23.3. The van der Waals surface area contributed by atoms with E-state index in [0.29, 0.717) is 28.2 Å². The topological polar surface area (TPSA) is 72.3 Å². The highest BCUT2D eigenvalue weighted by Gasteiger charge is 2.33. The zero-order chi connectivity index (χ0) is 48.7. The fraction of sp³-hybridized carbons (Fsp3) is 0.148. The van der Waals surface area contributed by atoms with Crippen LogP contribution in [-0.2, 0) is 17.0 Å². The van der Waals surface area contributed by atoms with E-state index in [2.05, 4.69) is 113 Å². The molecule has 0 saturated carbocycles. The Bertz CT molecular complexity index is 3900. The molecule has 70 heavy (non-hydrogen) atoms. The molecule has 0 aliphatic carbocycles. The first-order valence-corrected chi connectivity index (χ1v) is 23.3. The van der Waals surface area contributed by atoms with Crippen molar-refractivity contribution < 1.29 is 13.2 Å². The molecule has 8 aromatic carbocycles. The summed E-state index contributed by atoms with van der Waals surface area (Å²) in [6.07, 6.45) is -4.67. The Kier molecular flexibility index (Phi) is 10.4. The van der Waals surface area contributed by atoms with Gasteiger partial charge in [0.05, 0.1) is 50.6 Å². The minimum atomic E-state index is -4.67. The van der Waals surface area contributed by atoms with Crippen molar-refractivity contribution in [2.75, 3.05) is 0 Å². The molecule has 0 aliphatic rings. The van der Waals surface area contributed by atoms with Crippen molar-refractivity contribution >= 4 is 43.6 Å². The molecule has 0 atom stereocenters. The predicted octanol–water partition coefficient (Wildman–Crippen LogP) is 16.2. The lowest BCUT2D eigenvalue weighted by atomic mass is 9.86. The summed E-state index contributed by atoms with van der Waals surface area (Å²) in [5.41, 5.74) is 9.86. The van der Waals surface area contributed by atoms with Crippen molar-refractivity contribution in [3.63, 3.8) is 0 Å². The summed E-state index contributed by atoms with van der Waals surface area (Å²) in [6.45, 7) is 13.1. The molecule has 0 amide bonds. The molecule has 6 nitrogen and oxygen atoms in total. The summed E-state index contributed by atoms with van der Waals surface area (Å²) in [5.74, 6) is 0.647. The summed E-state index contributed by atoms with van der Waals surface area (Å²) in [4.78, 5) is 15.6. The molecular formula is C61H47F3N6. The molecule has 9 heteroatoms. The summed E-state index contributed by atoms with van der Waals surface area (Å²) >= 11 is 0. The molecule has 11 aromatic rings. The first kappa shape index (κ1) is 44.2. The van der Waals surface area contributed by atoms with E-state index >= 15 is 13.2 Å². The lowest BCUT2D eigenvalue weighted by molar-refractivity contribution is -0.137. The van der Waals surface area contributed by atoms with Crippen LogP contribution in [0.4, 0.5) is 13.2 Å². The minimum Gasteiger partial charge on any atom is -0.309 e. The van der Waals surface area contributed by atoms with Gasteiger partial charge in [0.1, 0.15) is 0 Å². The van der Waals surface area contributed by atoms with E-state index in [1.165, 1.54) is 17.7 Å². The number of para-hydroxylation sites is 2. The second kappa shape index (κ2) is 16.4. The number of alkyl halides is 3. The summed E-state index contributed by atoms with van der Waals surface area (Å²) in [7, 11) is 0.